The fraction of sp³-hybridized carbons (Fsp3) is 0.556. The fourth-order valence-electron chi connectivity index (χ4n) is 37.1. The summed E-state index contributed by atoms with van der Waals surface area (Å²) in [4.78, 5) is 6.60. The minimum absolute atomic E-state index is 0.529. The van der Waals surface area contributed by atoms with E-state index in [1.54, 1.807) is 0 Å². The zero-order valence-electron chi connectivity index (χ0n) is 54.0. The Balaban J connectivity index is 0.607. The molecule has 6 aromatic carbocycles. The van der Waals surface area contributed by atoms with Crippen LogP contribution in [-0.4, -0.2) is 29.0 Å². The van der Waals surface area contributed by atoms with Crippen LogP contribution in [0.1, 0.15) is 322 Å². The first-order valence-electron chi connectivity index (χ1n) is 40.0. The molecule has 23 aliphatic carbocycles. The molecular weight excluding hydrogens is 1130 g/mol. The van der Waals surface area contributed by atoms with Crippen LogP contribution < -0.4 is 4.74 Å². The maximum absolute atomic E-state index is 7.31. The normalized spacial score (nSPS) is 46.0. The molecule has 4 aliphatic heterocycles. The van der Waals surface area contributed by atoms with Crippen LogP contribution in [0.15, 0.2) is 45.8 Å². The van der Waals surface area contributed by atoms with Gasteiger partial charge in [-0.2, -0.15) is 0 Å². The SMILES string of the molecule is COc1c(CN2C3=C4C5=C6c7c8c9c%10c%11c%12c%13c%14c(c7%11)C6C3C3=C%14C6CCC3C2CCC4C2CCC(C9CCC%10C%12CCC%136)C8C52)cc(C)cc1CN1C2=C3c4c5c6c7c8c9c%10c%11c%12c%13c%14c%10c7c4C%14C2C2=C%13C4CCC2C1CCC3C5CCC6C8CCC9C%11CCC%124. The van der Waals surface area contributed by atoms with Gasteiger partial charge in [-0.3, -0.25) is 0 Å². The van der Waals surface area contributed by atoms with E-state index < -0.39 is 0 Å². The summed E-state index contributed by atoms with van der Waals surface area (Å²) in [5.41, 5.74) is 59.9. The van der Waals surface area contributed by atoms with Gasteiger partial charge in [-0.15, -0.1) is 0 Å². The molecule has 26 unspecified atom stereocenters. The monoisotopic (exact) mass is 1200 g/mol. The molecule has 0 spiro atoms. The van der Waals surface area contributed by atoms with Gasteiger partial charge in [-0.1, -0.05) is 28.8 Å². The van der Waals surface area contributed by atoms with Gasteiger partial charge in [-0.25, -0.2) is 0 Å². The highest BCUT2D eigenvalue weighted by molar-refractivity contribution is 6.26. The second-order valence-electron chi connectivity index (χ2n) is 38.5. The van der Waals surface area contributed by atoms with Crippen LogP contribution >= 0.6 is 0 Å². The number of hydrogen-bond donors (Lipinski definition) is 0. The first kappa shape index (κ1) is 45.6. The van der Waals surface area contributed by atoms with Crippen molar-refractivity contribution >= 4 is 54.6 Å². The summed E-state index contributed by atoms with van der Waals surface area (Å²) in [5, 5.41) is 11.5. The average molecular weight is 1200 g/mol. The topological polar surface area (TPSA) is 15.7 Å². The Kier molecular flexibility index (Phi) is 6.50. The highest BCUT2D eigenvalue weighted by Crippen LogP contribution is 2.86. The molecule has 26 atom stereocenters. The molecule has 2 saturated heterocycles. The van der Waals surface area contributed by atoms with E-state index in [1.165, 1.54) is 151 Å². The van der Waals surface area contributed by atoms with Gasteiger partial charge in [0.05, 0.1) is 7.11 Å². The molecule has 0 aromatic heterocycles. The van der Waals surface area contributed by atoms with Crippen molar-refractivity contribution < 1.29 is 4.74 Å². The summed E-state index contributed by atoms with van der Waals surface area (Å²) < 4.78 is 7.31. The lowest BCUT2D eigenvalue weighted by molar-refractivity contribution is 0.105. The second kappa shape index (κ2) is 13.3. The van der Waals surface area contributed by atoms with Gasteiger partial charge in [0.15, 0.2) is 0 Å². The van der Waals surface area contributed by atoms with Crippen LogP contribution in [0.5, 0.6) is 5.75 Å². The maximum Gasteiger partial charge on any atom is 0.128 e. The summed E-state index contributed by atoms with van der Waals surface area (Å²) in [6, 6.07) is 6.55. The van der Waals surface area contributed by atoms with Crippen LogP contribution in [0.2, 0.25) is 0 Å². The van der Waals surface area contributed by atoms with Crippen molar-refractivity contribution in [2.24, 2.45) is 65.1 Å². The Morgan fingerprint density at radius 1 is 0.312 bits per heavy atom. The first-order valence-corrected chi connectivity index (χ1v) is 40.0. The smallest absolute Gasteiger partial charge is 0.128 e. The van der Waals surface area contributed by atoms with Crippen LogP contribution in [-0.2, 0) is 13.1 Å². The molecule has 0 amide bonds. The molecule has 0 N–H and O–H groups in total. The Labute approximate surface area is 544 Å². The second-order valence-corrected chi connectivity index (χ2v) is 38.5. The molecule has 93 heavy (non-hydrogen) atoms. The van der Waals surface area contributed by atoms with E-state index in [0.29, 0.717) is 53.5 Å². The fourth-order valence-corrected chi connectivity index (χ4v) is 37.1. The highest BCUT2D eigenvalue weighted by atomic mass is 16.5. The first-order chi connectivity index (χ1) is 46.1. The van der Waals surface area contributed by atoms with Crippen molar-refractivity contribution in [3.8, 4) is 5.75 Å². The van der Waals surface area contributed by atoms with Gasteiger partial charge in [0, 0.05) is 83.2 Å². The number of aryl methyl sites for hydroxylation is 1. The number of fused-ring (bicyclic) bond motifs is 12. The zero-order valence-corrected chi connectivity index (χ0v) is 54.0. The number of piperidine rings is 2. The predicted octanol–water partition coefficient (Wildman–Crippen LogP) is 19.8. The number of methoxy groups -OCH3 is 1. The molecule has 2 saturated carbocycles. The third-order valence-electron chi connectivity index (χ3n) is 37.7. The van der Waals surface area contributed by atoms with Crippen LogP contribution in [0.4, 0.5) is 0 Å². The van der Waals surface area contributed by atoms with E-state index in [4.69, 9.17) is 4.74 Å². The molecule has 6 aromatic rings. The number of ether oxygens (including phenoxy) is 1. The number of allylic oxidation sites excluding steroid dienone is 8. The van der Waals surface area contributed by atoms with Crippen molar-refractivity contribution in [1.29, 1.82) is 0 Å². The van der Waals surface area contributed by atoms with Crippen molar-refractivity contribution in [2.45, 2.75) is 237 Å². The molecule has 454 valence electrons. The minimum atomic E-state index is 0.529. The van der Waals surface area contributed by atoms with Crippen LogP contribution in [0.3, 0.4) is 0 Å². The maximum atomic E-state index is 7.31. The Bertz CT molecular complexity index is 5470. The largest absolute Gasteiger partial charge is 0.496 e. The Hall–Kier alpha value is -5.80. The number of hydrogen-bond acceptors (Lipinski definition) is 3. The van der Waals surface area contributed by atoms with E-state index in [0.717, 1.165) is 114 Å². The average Bonchev–Trinajstić information content (AvgIpc) is 1.45. The molecule has 0 radical (unpaired) electrons. The highest BCUT2D eigenvalue weighted by Gasteiger charge is 2.73. The molecule has 3 nitrogen and oxygen atoms in total. The molecule has 3 heteroatoms. The van der Waals surface area contributed by atoms with Gasteiger partial charge >= 0.3 is 0 Å². The molecule has 27 aliphatic rings. The molecule has 4 fully saturated rings. The quantitative estimate of drug-likeness (QED) is 0.160. The summed E-state index contributed by atoms with van der Waals surface area (Å²) in [6.45, 7) is 4.56. The van der Waals surface area contributed by atoms with E-state index >= 15 is 0 Å². The lowest BCUT2D eigenvalue weighted by Gasteiger charge is -2.57. The summed E-state index contributed by atoms with van der Waals surface area (Å²) >= 11 is 0. The van der Waals surface area contributed by atoms with Gasteiger partial charge in [-0.05, 0) is 408 Å². The summed E-state index contributed by atoms with van der Waals surface area (Å²) in [5.74, 6) is 19.0. The number of rotatable bonds is 5. The third kappa shape index (κ3) is 3.85. The minimum Gasteiger partial charge on any atom is -0.496 e. The van der Waals surface area contributed by atoms with E-state index in [9.17, 15) is 0 Å². The van der Waals surface area contributed by atoms with E-state index in [-0.39, 0.29) is 0 Å². The van der Waals surface area contributed by atoms with Crippen molar-refractivity contribution in [2.75, 3.05) is 7.11 Å². The third-order valence-corrected chi connectivity index (χ3v) is 37.7. The lowest BCUT2D eigenvalue weighted by Crippen LogP contribution is -2.52. The van der Waals surface area contributed by atoms with E-state index in [2.05, 4.69) is 47.1 Å². The van der Waals surface area contributed by atoms with Crippen molar-refractivity contribution in [3.63, 3.8) is 0 Å². The number of benzene rings is 6. The van der Waals surface area contributed by atoms with Crippen LogP contribution in [0, 0.1) is 72.0 Å². The molecule has 4 bridgehead atoms. The molecular formula is C90H78N2O. The lowest BCUT2D eigenvalue weighted by atomic mass is 9.54. The Morgan fingerprint density at radius 2 is 0.731 bits per heavy atom. The predicted molar refractivity (Wildman–Crippen MR) is 362 cm³/mol. The summed E-state index contributed by atoms with van der Waals surface area (Å²) in [7, 11) is 2.13. The van der Waals surface area contributed by atoms with Crippen molar-refractivity contribution in [1.82, 2.24) is 9.80 Å². The van der Waals surface area contributed by atoms with Gasteiger partial charge < -0.3 is 14.5 Å². The standard InChI is InChI=1S/C90H78N2O/c1-27-23-28(25-91-48-21-19-44-42-13-11-36-34-5-3-30-32-7-9-38-40-15-17-46(48)64-62(40)72-56(38)54(32)68-50(30)52(34)70-58(36)60(42)74-66(44)88(91)86(64)84-80(72)76(68)78(70)82(74)84)90(93-2)29(24-27)26-92-49-22-20-45-43-14-12-37-35-6-4-31-33-8-10-39-41-16-18-47(49)65-63(41)73-57(39)55(33)69-51(31)53(35)71-59(37)61(43)75-67(45)89(92)87(65)85-81(73)77(69)79(71)83(75)85/h23-24,30-49,58,60,84-87H,3-22,25-26H2,1-2H3. The number of nitrogens with zero attached hydrogens (tertiary/aromatic N) is 2. The van der Waals surface area contributed by atoms with Crippen molar-refractivity contribution in [3.05, 3.63) is 163 Å². The van der Waals surface area contributed by atoms with Crippen LogP contribution in [0.25, 0.3) is 54.6 Å². The van der Waals surface area contributed by atoms with Gasteiger partial charge in [0.1, 0.15) is 5.75 Å². The molecule has 4 heterocycles. The zero-order chi connectivity index (χ0) is 57.8. The van der Waals surface area contributed by atoms with Gasteiger partial charge in [0.2, 0.25) is 0 Å². The Morgan fingerprint density at radius 3 is 1.30 bits per heavy atom. The van der Waals surface area contributed by atoms with Gasteiger partial charge in [0.25, 0.3) is 0 Å². The summed E-state index contributed by atoms with van der Waals surface area (Å²) in [6.07, 6.45) is 29.0. The van der Waals surface area contributed by atoms with E-state index in [1.807, 2.05) is 177 Å². The molecule has 33 rings (SSSR count).